The van der Waals surface area contributed by atoms with Crippen molar-refractivity contribution in [1.82, 2.24) is 9.88 Å². The van der Waals surface area contributed by atoms with Crippen LogP contribution in [0.3, 0.4) is 0 Å². The number of anilines is 1. The Morgan fingerprint density at radius 3 is 2.56 bits per heavy atom. The number of aromatic nitrogens is 1. The highest BCUT2D eigenvalue weighted by Crippen LogP contribution is 2.37. The standard InChI is InChI=1S/C26H27Cl2N3O4S/c1-16(2)12-22-23(18-8-9-19(27)20(28)13-18)29-25(36-22)30-10-11-31(21(14-30)24(32)33)26(34)35-15-17-6-4-3-5-7-17/h3-9,13,16,21H,10-12,14-15H2,1-2H3,(H,32,33). The fourth-order valence-electron chi connectivity index (χ4n) is 4.04. The Morgan fingerprint density at radius 1 is 1.14 bits per heavy atom. The molecule has 190 valence electrons. The largest absolute Gasteiger partial charge is 0.480 e. The minimum Gasteiger partial charge on any atom is -0.480 e. The predicted octanol–water partition coefficient (Wildman–Crippen LogP) is 6.23. The molecule has 0 saturated carbocycles. The minimum atomic E-state index is -1.08. The van der Waals surface area contributed by atoms with Crippen LogP contribution in [0.25, 0.3) is 11.3 Å². The summed E-state index contributed by atoms with van der Waals surface area (Å²) in [5.74, 6) is -0.678. The molecular weight excluding hydrogens is 521 g/mol. The molecule has 3 aromatic rings. The van der Waals surface area contributed by atoms with Gasteiger partial charge in [-0.05, 0) is 30.0 Å². The Hall–Kier alpha value is -2.81. The highest BCUT2D eigenvalue weighted by Gasteiger charge is 2.37. The van der Waals surface area contributed by atoms with E-state index in [1.54, 1.807) is 23.5 Å². The Bertz CT molecular complexity index is 1240. The summed E-state index contributed by atoms with van der Waals surface area (Å²) < 4.78 is 5.40. The quantitative estimate of drug-likeness (QED) is 0.377. The van der Waals surface area contributed by atoms with E-state index in [9.17, 15) is 14.7 Å². The van der Waals surface area contributed by atoms with E-state index in [1.807, 2.05) is 41.3 Å². The second kappa shape index (κ2) is 11.5. The van der Waals surface area contributed by atoms with Gasteiger partial charge in [-0.25, -0.2) is 14.6 Å². The molecule has 1 atom stereocenters. The van der Waals surface area contributed by atoms with Crippen LogP contribution < -0.4 is 4.90 Å². The first-order valence-electron chi connectivity index (χ1n) is 11.6. The number of piperazine rings is 1. The van der Waals surface area contributed by atoms with Crippen molar-refractivity contribution >= 4 is 51.7 Å². The molecule has 10 heteroatoms. The van der Waals surface area contributed by atoms with Crippen molar-refractivity contribution in [2.24, 2.45) is 5.92 Å². The van der Waals surface area contributed by atoms with Crippen LogP contribution in [0.1, 0.15) is 24.3 Å². The Kier molecular flexibility index (Phi) is 8.39. The topological polar surface area (TPSA) is 83.0 Å². The highest BCUT2D eigenvalue weighted by molar-refractivity contribution is 7.16. The molecule has 0 radical (unpaired) electrons. The van der Waals surface area contributed by atoms with Gasteiger partial charge >= 0.3 is 12.1 Å². The lowest BCUT2D eigenvalue weighted by Gasteiger charge is -2.38. The number of carboxylic acid groups (broad SMARTS) is 1. The molecule has 1 amide bonds. The lowest BCUT2D eigenvalue weighted by molar-refractivity contribution is -0.142. The van der Waals surface area contributed by atoms with Crippen LogP contribution in [0.15, 0.2) is 48.5 Å². The number of ether oxygens (including phenoxy) is 1. The number of amides is 1. The molecule has 4 rings (SSSR count). The van der Waals surface area contributed by atoms with E-state index in [4.69, 9.17) is 32.9 Å². The van der Waals surface area contributed by atoms with Gasteiger partial charge in [0.15, 0.2) is 5.13 Å². The van der Waals surface area contributed by atoms with Crippen molar-refractivity contribution in [2.45, 2.75) is 32.9 Å². The van der Waals surface area contributed by atoms with Crippen LogP contribution in [-0.2, 0) is 22.6 Å². The number of thiazole rings is 1. The maximum atomic E-state index is 12.7. The molecular formula is C26H27Cl2N3O4S. The smallest absolute Gasteiger partial charge is 0.410 e. The average Bonchev–Trinajstić information content (AvgIpc) is 3.27. The van der Waals surface area contributed by atoms with Crippen LogP contribution in [0.2, 0.25) is 10.0 Å². The van der Waals surface area contributed by atoms with Gasteiger partial charge in [-0.3, -0.25) is 4.90 Å². The lowest BCUT2D eigenvalue weighted by Crippen LogP contribution is -2.58. The van der Waals surface area contributed by atoms with E-state index in [0.29, 0.717) is 22.5 Å². The number of halogens is 2. The Morgan fingerprint density at radius 2 is 1.89 bits per heavy atom. The third kappa shape index (κ3) is 6.11. The van der Waals surface area contributed by atoms with Crippen molar-refractivity contribution in [2.75, 3.05) is 24.5 Å². The molecule has 1 fully saturated rings. The lowest BCUT2D eigenvalue weighted by atomic mass is 10.0. The Balaban J connectivity index is 1.53. The number of carbonyl (C=O) groups excluding carboxylic acids is 1. The van der Waals surface area contributed by atoms with Gasteiger partial charge in [0.1, 0.15) is 12.6 Å². The fourth-order valence-corrected chi connectivity index (χ4v) is 5.67. The molecule has 1 aliphatic rings. The van der Waals surface area contributed by atoms with E-state index in [0.717, 1.165) is 33.3 Å². The SMILES string of the molecule is CC(C)Cc1sc(N2CCN(C(=O)OCc3ccccc3)C(C(=O)O)C2)nc1-c1ccc(Cl)c(Cl)c1. The Labute approximate surface area is 224 Å². The molecule has 0 bridgehead atoms. The summed E-state index contributed by atoms with van der Waals surface area (Å²) in [6.07, 6.45) is 0.184. The third-order valence-electron chi connectivity index (χ3n) is 5.85. The summed E-state index contributed by atoms with van der Waals surface area (Å²) >= 11 is 13.9. The number of aliphatic carboxylic acids is 1. The van der Waals surface area contributed by atoms with Crippen LogP contribution in [0, 0.1) is 5.92 Å². The molecule has 1 N–H and O–H groups in total. The van der Waals surface area contributed by atoms with Gasteiger partial charge in [0, 0.05) is 23.5 Å². The second-order valence-electron chi connectivity index (χ2n) is 9.03. The second-order valence-corrected chi connectivity index (χ2v) is 10.9. The first-order valence-corrected chi connectivity index (χ1v) is 13.2. The van der Waals surface area contributed by atoms with Gasteiger partial charge in [0.2, 0.25) is 0 Å². The molecule has 0 aliphatic carbocycles. The third-order valence-corrected chi connectivity index (χ3v) is 7.73. The number of rotatable bonds is 7. The zero-order valence-electron chi connectivity index (χ0n) is 20.0. The van der Waals surface area contributed by atoms with E-state index in [2.05, 4.69) is 13.8 Å². The number of nitrogens with zero attached hydrogens (tertiary/aromatic N) is 3. The fraction of sp³-hybridized carbons (Fsp3) is 0.346. The maximum absolute atomic E-state index is 12.7. The first kappa shape index (κ1) is 26.3. The minimum absolute atomic E-state index is 0.0876. The molecule has 0 spiro atoms. The predicted molar refractivity (Wildman–Crippen MR) is 143 cm³/mol. The van der Waals surface area contributed by atoms with Crippen molar-refractivity contribution in [3.8, 4) is 11.3 Å². The van der Waals surface area contributed by atoms with E-state index >= 15 is 0 Å². The number of hydrogen-bond donors (Lipinski definition) is 1. The monoisotopic (exact) mass is 547 g/mol. The van der Waals surface area contributed by atoms with Gasteiger partial charge in [-0.15, -0.1) is 11.3 Å². The zero-order valence-corrected chi connectivity index (χ0v) is 22.3. The van der Waals surface area contributed by atoms with Crippen LogP contribution in [0.4, 0.5) is 9.93 Å². The van der Waals surface area contributed by atoms with Gasteiger partial charge in [-0.2, -0.15) is 0 Å². The number of carbonyl (C=O) groups is 2. The molecule has 1 aromatic heterocycles. The number of benzene rings is 2. The molecule has 7 nitrogen and oxygen atoms in total. The van der Waals surface area contributed by atoms with Gasteiger partial charge < -0.3 is 14.7 Å². The average molecular weight is 548 g/mol. The summed E-state index contributed by atoms with van der Waals surface area (Å²) in [5.41, 5.74) is 2.52. The summed E-state index contributed by atoms with van der Waals surface area (Å²) in [7, 11) is 0. The van der Waals surface area contributed by atoms with Gasteiger partial charge in [-0.1, -0.05) is 73.4 Å². The normalized spacial score (nSPS) is 15.9. The van der Waals surface area contributed by atoms with E-state index in [-0.39, 0.29) is 19.7 Å². The van der Waals surface area contributed by atoms with Crippen molar-refractivity contribution < 1.29 is 19.4 Å². The summed E-state index contributed by atoms with van der Waals surface area (Å²) in [5, 5.41) is 11.5. The van der Waals surface area contributed by atoms with Crippen LogP contribution >= 0.6 is 34.5 Å². The van der Waals surface area contributed by atoms with Gasteiger partial charge in [0.25, 0.3) is 0 Å². The van der Waals surface area contributed by atoms with Crippen molar-refractivity contribution in [3.05, 3.63) is 69.0 Å². The van der Waals surface area contributed by atoms with E-state index in [1.165, 1.54) is 4.90 Å². The molecule has 1 aliphatic heterocycles. The first-order chi connectivity index (χ1) is 17.2. The van der Waals surface area contributed by atoms with Crippen LogP contribution in [0.5, 0.6) is 0 Å². The zero-order chi connectivity index (χ0) is 25.8. The van der Waals surface area contributed by atoms with Crippen LogP contribution in [-0.4, -0.2) is 52.7 Å². The van der Waals surface area contributed by atoms with Crippen molar-refractivity contribution in [3.63, 3.8) is 0 Å². The van der Waals surface area contributed by atoms with E-state index < -0.39 is 18.1 Å². The molecule has 1 unspecified atom stereocenters. The molecule has 1 saturated heterocycles. The summed E-state index contributed by atoms with van der Waals surface area (Å²) in [4.78, 5) is 34.0. The number of hydrogen-bond acceptors (Lipinski definition) is 6. The van der Waals surface area contributed by atoms with Gasteiger partial charge in [0.05, 0.1) is 22.3 Å². The highest BCUT2D eigenvalue weighted by atomic mass is 35.5. The molecule has 2 aromatic carbocycles. The molecule has 36 heavy (non-hydrogen) atoms. The number of carboxylic acids is 1. The summed E-state index contributed by atoms with van der Waals surface area (Å²) in [6, 6.07) is 13.7. The summed E-state index contributed by atoms with van der Waals surface area (Å²) in [6.45, 7) is 5.14. The maximum Gasteiger partial charge on any atom is 0.410 e. The van der Waals surface area contributed by atoms with Crippen molar-refractivity contribution in [1.29, 1.82) is 0 Å². The molecule has 2 heterocycles.